The fourth-order valence-electron chi connectivity index (χ4n) is 2.50. The van der Waals surface area contributed by atoms with Crippen molar-refractivity contribution >= 4 is 23.2 Å². The van der Waals surface area contributed by atoms with E-state index in [1.807, 2.05) is 37.4 Å². The average molecular weight is 340 g/mol. The maximum absolute atomic E-state index is 10.8. The molecule has 0 heterocycles. The van der Waals surface area contributed by atoms with Crippen LogP contribution in [-0.4, -0.2) is 25.8 Å². The molecule has 0 spiro atoms. The Morgan fingerprint density at radius 2 is 1.86 bits per heavy atom. The first-order valence-corrected chi connectivity index (χ1v) is 7.74. The Morgan fingerprint density at radius 3 is 2.50 bits per heavy atom. The van der Waals surface area contributed by atoms with E-state index in [2.05, 4.69) is 5.32 Å². The highest BCUT2D eigenvalue weighted by Crippen LogP contribution is 2.37. The second-order valence-corrected chi connectivity index (χ2v) is 5.84. The smallest absolute Gasteiger partial charge is 0.124 e. The van der Waals surface area contributed by atoms with Gasteiger partial charge in [0.15, 0.2) is 0 Å². The lowest BCUT2D eigenvalue weighted by Crippen LogP contribution is -2.23. The highest BCUT2D eigenvalue weighted by atomic mass is 35.5. The van der Waals surface area contributed by atoms with Gasteiger partial charge in [0.05, 0.1) is 23.3 Å². The van der Waals surface area contributed by atoms with Gasteiger partial charge in [-0.3, -0.25) is 0 Å². The number of likely N-dealkylation sites (N-methyl/N-ethyl adjacent to an activating group) is 1. The fourth-order valence-corrected chi connectivity index (χ4v) is 2.81. The first-order valence-electron chi connectivity index (χ1n) is 6.99. The molecule has 0 aliphatic carbocycles. The van der Waals surface area contributed by atoms with E-state index < -0.39 is 6.10 Å². The molecule has 5 heteroatoms. The molecule has 0 saturated carbocycles. The molecular formula is C17H19Cl2NO2. The normalized spacial score (nSPS) is 13.7. The van der Waals surface area contributed by atoms with E-state index in [4.69, 9.17) is 27.9 Å². The third-order valence-corrected chi connectivity index (χ3v) is 4.37. The number of rotatable bonds is 6. The lowest BCUT2D eigenvalue weighted by atomic mass is 9.88. The number of hydrogen-bond acceptors (Lipinski definition) is 3. The summed E-state index contributed by atoms with van der Waals surface area (Å²) in [5.74, 6) is 0.493. The maximum atomic E-state index is 10.8. The third-order valence-electron chi connectivity index (χ3n) is 3.63. The number of halogens is 2. The largest absolute Gasteiger partial charge is 0.496 e. The van der Waals surface area contributed by atoms with E-state index in [0.29, 0.717) is 22.3 Å². The zero-order valence-electron chi connectivity index (χ0n) is 12.5. The lowest BCUT2D eigenvalue weighted by Gasteiger charge is -2.25. The van der Waals surface area contributed by atoms with Crippen molar-refractivity contribution in [1.82, 2.24) is 5.32 Å². The molecule has 0 aromatic heterocycles. The average Bonchev–Trinajstić information content (AvgIpc) is 2.54. The summed E-state index contributed by atoms with van der Waals surface area (Å²) in [5.41, 5.74) is 1.67. The molecule has 0 aliphatic rings. The van der Waals surface area contributed by atoms with Crippen LogP contribution in [0.4, 0.5) is 0 Å². The van der Waals surface area contributed by atoms with Gasteiger partial charge in [-0.25, -0.2) is 0 Å². The molecule has 2 rings (SSSR count). The van der Waals surface area contributed by atoms with Crippen molar-refractivity contribution in [3.63, 3.8) is 0 Å². The molecule has 0 saturated heterocycles. The van der Waals surface area contributed by atoms with E-state index in [1.54, 1.807) is 19.2 Å². The van der Waals surface area contributed by atoms with Crippen molar-refractivity contribution < 1.29 is 9.84 Å². The molecule has 0 radical (unpaired) electrons. The van der Waals surface area contributed by atoms with Crippen LogP contribution in [0.1, 0.15) is 23.1 Å². The van der Waals surface area contributed by atoms with Gasteiger partial charge in [0.1, 0.15) is 5.75 Å². The Hall–Kier alpha value is -1.26. The second-order valence-electron chi connectivity index (χ2n) is 5.02. The molecule has 1 unspecified atom stereocenters. The molecule has 0 fully saturated rings. The Bertz CT molecular complexity index is 634. The van der Waals surface area contributed by atoms with Crippen molar-refractivity contribution in [3.8, 4) is 5.75 Å². The number of para-hydroxylation sites is 1. The van der Waals surface area contributed by atoms with E-state index >= 15 is 0 Å². The van der Waals surface area contributed by atoms with E-state index in [1.165, 1.54) is 0 Å². The van der Waals surface area contributed by atoms with Crippen LogP contribution in [0.15, 0.2) is 42.5 Å². The Labute approximate surface area is 140 Å². The summed E-state index contributed by atoms with van der Waals surface area (Å²) in [6, 6.07) is 12.9. The van der Waals surface area contributed by atoms with Gasteiger partial charge in [0, 0.05) is 18.0 Å². The van der Waals surface area contributed by atoms with Crippen LogP contribution >= 0.6 is 23.2 Å². The van der Waals surface area contributed by atoms with Gasteiger partial charge in [0.2, 0.25) is 0 Å². The summed E-state index contributed by atoms with van der Waals surface area (Å²) >= 11 is 12.1. The number of ether oxygens (including phenoxy) is 1. The molecule has 2 atom stereocenters. The monoisotopic (exact) mass is 339 g/mol. The second kappa shape index (κ2) is 7.84. The molecule has 2 aromatic rings. The Kier molecular flexibility index (Phi) is 6.09. The first kappa shape index (κ1) is 17.1. The van der Waals surface area contributed by atoms with Crippen molar-refractivity contribution in [2.75, 3.05) is 20.7 Å². The molecule has 118 valence electrons. The Morgan fingerprint density at radius 1 is 1.14 bits per heavy atom. The van der Waals surface area contributed by atoms with Crippen molar-refractivity contribution in [1.29, 1.82) is 0 Å². The molecule has 0 bridgehead atoms. The highest BCUT2D eigenvalue weighted by Gasteiger charge is 2.25. The number of nitrogens with one attached hydrogen (secondary N) is 1. The zero-order chi connectivity index (χ0) is 16.1. The van der Waals surface area contributed by atoms with E-state index in [0.717, 1.165) is 11.1 Å². The predicted octanol–water partition coefficient (Wildman–Crippen LogP) is 4.04. The minimum Gasteiger partial charge on any atom is -0.496 e. The van der Waals surface area contributed by atoms with Crippen LogP contribution < -0.4 is 10.1 Å². The lowest BCUT2D eigenvalue weighted by molar-refractivity contribution is 0.140. The summed E-state index contributed by atoms with van der Waals surface area (Å²) in [5, 5.41) is 14.9. The summed E-state index contributed by atoms with van der Waals surface area (Å²) in [6.07, 6.45) is -0.721. The van der Waals surface area contributed by atoms with Crippen molar-refractivity contribution in [2.45, 2.75) is 12.0 Å². The van der Waals surface area contributed by atoms with Crippen LogP contribution in [0, 0.1) is 0 Å². The topological polar surface area (TPSA) is 41.5 Å². The van der Waals surface area contributed by atoms with Crippen LogP contribution in [0.25, 0.3) is 0 Å². The molecular weight excluding hydrogens is 321 g/mol. The quantitative estimate of drug-likeness (QED) is 0.834. The summed E-state index contributed by atoms with van der Waals surface area (Å²) in [4.78, 5) is 0. The maximum Gasteiger partial charge on any atom is 0.124 e. The SMILES string of the molecule is CNCC(c1ccc(Cl)c(Cl)c1)[C@H](O)c1ccccc1OC. The number of hydrogen-bond donors (Lipinski definition) is 2. The van der Waals surface area contributed by atoms with E-state index in [9.17, 15) is 5.11 Å². The van der Waals surface area contributed by atoms with Gasteiger partial charge in [-0.15, -0.1) is 0 Å². The fraction of sp³-hybridized carbons (Fsp3) is 0.294. The molecule has 0 aliphatic heterocycles. The van der Waals surface area contributed by atoms with Gasteiger partial charge in [0.25, 0.3) is 0 Å². The predicted molar refractivity (Wildman–Crippen MR) is 91.1 cm³/mol. The minimum atomic E-state index is -0.721. The summed E-state index contributed by atoms with van der Waals surface area (Å²) in [6.45, 7) is 0.594. The molecule has 22 heavy (non-hydrogen) atoms. The van der Waals surface area contributed by atoms with Gasteiger partial charge in [-0.05, 0) is 30.8 Å². The zero-order valence-corrected chi connectivity index (χ0v) is 14.0. The number of aliphatic hydroxyl groups excluding tert-OH is 1. The third kappa shape index (κ3) is 3.73. The molecule has 2 N–H and O–H groups in total. The summed E-state index contributed by atoms with van der Waals surface area (Å²) < 4.78 is 5.35. The molecule has 2 aromatic carbocycles. The first-order chi connectivity index (χ1) is 10.6. The number of methoxy groups -OCH3 is 1. The molecule has 3 nitrogen and oxygen atoms in total. The van der Waals surface area contributed by atoms with Crippen LogP contribution in [0.3, 0.4) is 0 Å². The van der Waals surface area contributed by atoms with Crippen molar-refractivity contribution in [2.24, 2.45) is 0 Å². The van der Waals surface area contributed by atoms with Gasteiger partial charge in [-0.2, -0.15) is 0 Å². The van der Waals surface area contributed by atoms with Gasteiger partial charge in [-0.1, -0.05) is 47.5 Å². The summed E-state index contributed by atoms with van der Waals surface area (Å²) in [7, 11) is 3.44. The molecule has 0 amide bonds. The van der Waals surface area contributed by atoms with Crippen LogP contribution in [0.5, 0.6) is 5.75 Å². The van der Waals surface area contributed by atoms with E-state index in [-0.39, 0.29) is 5.92 Å². The van der Waals surface area contributed by atoms with Crippen LogP contribution in [-0.2, 0) is 0 Å². The number of aliphatic hydroxyl groups is 1. The minimum absolute atomic E-state index is 0.170. The van der Waals surface area contributed by atoms with Gasteiger partial charge >= 0.3 is 0 Å². The van der Waals surface area contributed by atoms with Crippen LogP contribution in [0.2, 0.25) is 10.0 Å². The highest BCUT2D eigenvalue weighted by molar-refractivity contribution is 6.42. The number of benzene rings is 2. The Balaban J connectivity index is 2.40. The van der Waals surface area contributed by atoms with Gasteiger partial charge < -0.3 is 15.2 Å². The standard InChI is InChI=1S/C17H19Cl2NO2/c1-20-10-13(11-7-8-14(18)15(19)9-11)17(21)12-5-3-4-6-16(12)22-2/h3-9,13,17,20-21H,10H2,1-2H3/t13?,17-/m1/s1. The van der Waals surface area contributed by atoms with Crippen molar-refractivity contribution in [3.05, 3.63) is 63.6 Å².